The molecule has 3 rings (SSSR count). The van der Waals surface area contributed by atoms with Gasteiger partial charge in [0.25, 0.3) is 0 Å². The Labute approximate surface area is 127 Å². The molecule has 9 heteroatoms. The van der Waals surface area contributed by atoms with Crippen molar-refractivity contribution >= 4 is 34.1 Å². The van der Waals surface area contributed by atoms with Crippen LogP contribution in [0.1, 0.15) is 5.56 Å². The number of aryl methyl sites for hydroxylation is 1. The van der Waals surface area contributed by atoms with Crippen molar-refractivity contribution in [3.63, 3.8) is 0 Å². The second-order valence-electron chi connectivity index (χ2n) is 4.56. The summed E-state index contributed by atoms with van der Waals surface area (Å²) in [6.45, 7) is 0. The number of alkyl halides is 3. The van der Waals surface area contributed by atoms with Gasteiger partial charge in [0.2, 0.25) is 5.95 Å². The molecule has 0 saturated heterocycles. The smallest absolute Gasteiger partial charge is 0.324 e. The van der Waals surface area contributed by atoms with Crippen LogP contribution in [0.15, 0.2) is 30.6 Å². The highest BCUT2D eigenvalue weighted by atomic mass is 35.5. The average molecular weight is 328 g/mol. The second kappa shape index (κ2) is 5.13. The zero-order valence-electron chi connectivity index (χ0n) is 11.2. The van der Waals surface area contributed by atoms with E-state index < -0.39 is 16.9 Å². The first-order valence-electron chi connectivity index (χ1n) is 6.13. The van der Waals surface area contributed by atoms with Gasteiger partial charge in [0, 0.05) is 24.3 Å². The molecule has 0 unspecified atom stereocenters. The van der Waals surface area contributed by atoms with E-state index in [2.05, 4.69) is 20.4 Å². The number of hydrogen-bond acceptors (Lipinski definition) is 4. The van der Waals surface area contributed by atoms with Crippen molar-refractivity contribution in [2.24, 2.45) is 7.05 Å². The predicted octanol–water partition coefficient (Wildman–Crippen LogP) is 3.78. The van der Waals surface area contributed by atoms with Crippen molar-refractivity contribution in [2.75, 3.05) is 5.32 Å². The summed E-state index contributed by atoms with van der Waals surface area (Å²) in [6.07, 6.45) is -2.21. The Hall–Kier alpha value is -2.35. The first kappa shape index (κ1) is 14.6. The Morgan fingerprint density at radius 1 is 1.23 bits per heavy atom. The van der Waals surface area contributed by atoms with E-state index >= 15 is 0 Å². The van der Waals surface area contributed by atoms with Gasteiger partial charge in [0.15, 0.2) is 0 Å². The molecule has 5 nitrogen and oxygen atoms in total. The average Bonchev–Trinajstić information content (AvgIpc) is 2.79. The molecule has 0 spiro atoms. The van der Waals surface area contributed by atoms with Crippen molar-refractivity contribution in [1.29, 1.82) is 0 Å². The lowest BCUT2D eigenvalue weighted by Gasteiger charge is -2.10. The zero-order chi connectivity index (χ0) is 15.9. The van der Waals surface area contributed by atoms with Gasteiger partial charge in [0.05, 0.1) is 11.7 Å². The minimum atomic E-state index is -4.58. The summed E-state index contributed by atoms with van der Waals surface area (Å²) in [5.74, 6) is -0.0143. The molecule has 0 bridgehead atoms. The van der Waals surface area contributed by atoms with Gasteiger partial charge < -0.3 is 5.32 Å². The van der Waals surface area contributed by atoms with E-state index in [1.807, 2.05) is 6.07 Å². The molecule has 0 aliphatic carbocycles. The summed E-state index contributed by atoms with van der Waals surface area (Å²) in [6, 6.07) is 5.37. The van der Waals surface area contributed by atoms with Gasteiger partial charge in [-0.2, -0.15) is 18.3 Å². The van der Waals surface area contributed by atoms with Crippen molar-refractivity contribution in [3.05, 3.63) is 41.3 Å². The maximum Gasteiger partial charge on any atom is 0.420 e. The van der Waals surface area contributed by atoms with Crippen molar-refractivity contribution in [3.8, 4) is 0 Å². The van der Waals surface area contributed by atoms with E-state index in [4.69, 9.17) is 11.6 Å². The monoisotopic (exact) mass is 327 g/mol. The summed E-state index contributed by atoms with van der Waals surface area (Å²) >= 11 is 5.56. The van der Waals surface area contributed by atoms with Crippen LogP contribution in [0.2, 0.25) is 5.15 Å². The Morgan fingerprint density at radius 3 is 2.68 bits per heavy atom. The molecule has 2 heterocycles. The maximum absolute atomic E-state index is 12.6. The fraction of sp³-hybridized carbons (Fsp3) is 0.154. The van der Waals surface area contributed by atoms with Crippen molar-refractivity contribution in [2.45, 2.75) is 6.18 Å². The van der Waals surface area contributed by atoms with E-state index in [9.17, 15) is 13.2 Å². The molecule has 114 valence electrons. The van der Waals surface area contributed by atoms with Crippen molar-refractivity contribution in [1.82, 2.24) is 19.7 Å². The molecule has 2 aromatic heterocycles. The van der Waals surface area contributed by atoms with Gasteiger partial charge in [0.1, 0.15) is 10.7 Å². The molecule has 0 fully saturated rings. The molecule has 1 aromatic carbocycles. The highest BCUT2D eigenvalue weighted by molar-refractivity contribution is 6.30. The van der Waals surface area contributed by atoms with Crippen LogP contribution in [0.25, 0.3) is 10.9 Å². The van der Waals surface area contributed by atoms with Gasteiger partial charge in [-0.05, 0) is 18.2 Å². The molecule has 0 aliphatic heterocycles. The van der Waals surface area contributed by atoms with Crippen LogP contribution in [-0.2, 0) is 13.2 Å². The van der Waals surface area contributed by atoms with E-state index in [0.29, 0.717) is 11.9 Å². The minimum Gasteiger partial charge on any atom is -0.324 e. The number of halogens is 4. The zero-order valence-corrected chi connectivity index (χ0v) is 11.9. The number of nitrogens with zero attached hydrogens (tertiary/aromatic N) is 4. The van der Waals surface area contributed by atoms with Crippen LogP contribution in [0.3, 0.4) is 0 Å². The number of anilines is 2. The molecule has 22 heavy (non-hydrogen) atoms. The van der Waals surface area contributed by atoms with Crippen LogP contribution in [0.5, 0.6) is 0 Å². The van der Waals surface area contributed by atoms with E-state index in [1.54, 1.807) is 30.1 Å². The molecule has 1 N–H and O–H groups in total. The summed E-state index contributed by atoms with van der Waals surface area (Å²) in [5, 5.41) is 7.22. The normalized spacial score (nSPS) is 11.9. The molecule has 0 saturated carbocycles. The Kier molecular flexibility index (Phi) is 3.40. The molecular formula is C13H9ClF3N5. The van der Waals surface area contributed by atoms with Gasteiger partial charge >= 0.3 is 6.18 Å². The number of benzene rings is 1. The summed E-state index contributed by atoms with van der Waals surface area (Å²) < 4.78 is 39.5. The Balaban J connectivity index is 1.91. The second-order valence-corrected chi connectivity index (χ2v) is 4.92. The highest BCUT2D eigenvalue weighted by Crippen LogP contribution is 2.33. The Morgan fingerprint density at radius 2 is 2.00 bits per heavy atom. The molecule has 3 aromatic rings. The minimum absolute atomic E-state index is 0.0143. The van der Waals surface area contributed by atoms with Crippen LogP contribution in [-0.4, -0.2) is 19.7 Å². The number of rotatable bonds is 2. The third-order valence-electron chi connectivity index (χ3n) is 3.05. The summed E-state index contributed by atoms with van der Waals surface area (Å²) in [7, 11) is 1.79. The molecule has 0 aliphatic rings. The summed E-state index contributed by atoms with van der Waals surface area (Å²) in [4.78, 5) is 7.27. The SMILES string of the molecule is Cn1ncc2ccc(Nc3ncc(C(F)(F)F)c(Cl)n3)cc21. The van der Waals surface area contributed by atoms with Crippen LogP contribution in [0.4, 0.5) is 24.8 Å². The number of nitrogens with one attached hydrogen (secondary N) is 1. The van der Waals surface area contributed by atoms with E-state index in [1.165, 1.54) is 0 Å². The molecular weight excluding hydrogens is 319 g/mol. The first-order valence-corrected chi connectivity index (χ1v) is 6.51. The van der Waals surface area contributed by atoms with Gasteiger partial charge in [-0.3, -0.25) is 4.68 Å². The third-order valence-corrected chi connectivity index (χ3v) is 3.34. The van der Waals surface area contributed by atoms with Crippen LogP contribution in [0, 0.1) is 0 Å². The van der Waals surface area contributed by atoms with E-state index in [-0.39, 0.29) is 5.95 Å². The number of fused-ring (bicyclic) bond motifs is 1. The fourth-order valence-corrected chi connectivity index (χ4v) is 2.20. The first-order chi connectivity index (χ1) is 10.3. The standard InChI is InChI=1S/C13H9ClF3N5/c1-22-10-4-8(3-2-7(10)5-19-22)20-12-18-6-9(11(14)21-12)13(15,16)17/h2-6H,1H3,(H,18,20,21). The lowest BCUT2D eigenvalue weighted by atomic mass is 10.2. The topological polar surface area (TPSA) is 55.6 Å². The lowest BCUT2D eigenvalue weighted by Crippen LogP contribution is -2.09. The molecule has 0 radical (unpaired) electrons. The lowest BCUT2D eigenvalue weighted by molar-refractivity contribution is -0.137. The van der Waals surface area contributed by atoms with Crippen LogP contribution >= 0.6 is 11.6 Å². The van der Waals surface area contributed by atoms with Crippen molar-refractivity contribution < 1.29 is 13.2 Å². The predicted molar refractivity (Wildman–Crippen MR) is 76.0 cm³/mol. The largest absolute Gasteiger partial charge is 0.420 e. The Bertz CT molecular complexity index is 843. The molecule has 0 amide bonds. The van der Waals surface area contributed by atoms with Gasteiger partial charge in [-0.1, -0.05) is 11.6 Å². The van der Waals surface area contributed by atoms with Gasteiger partial charge in [-0.15, -0.1) is 0 Å². The quantitative estimate of drug-likeness (QED) is 0.728. The number of hydrogen-bond donors (Lipinski definition) is 1. The summed E-state index contributed by atoms with van der Waals surface area (Å²) in [5.41, 5.74) is 0.414. The van der Waals surface area contributed by atoms with Gasteiger partial charge in [-0.25, -0.2) is 9.97 Å². The third kappa shape index (κ3) is 2.69. The molecule has 0 atom stereocenters. The fourth-order valence-electron chi connectivity index (χ4n) is 1.96. The maximum atomic E-state index is 12.6. The number of aromatic nitrogens is 4. The van der Waals surface area contributed by atoms with Crippen LogP contribution < -0.4 is 5.32 Å². The van der Waals surface area contributed by atoms with E-state index in [0.717, 1.165) is 10.9 Å². The highest BCUT2D eigenvalue weighted by Gasteiger charge is 2.34.